The number of benzene rings is 2. The Kier molecular flexibility index (Phi) is 5.45. The van der Waals surface area contributed by atoms with Crippen LogP contribution in [0.15, 0.2) is 59.5 Å². The zero-order chi connectivity index (χ0) is 22.9. The van der Waals surface area contributed by atoms with Gasteiger partial charge in [-0.05, 0) is 48.5 Å². The van der Waals surface area contributed by atoms with Crippen molar-refractivity contribution in [3.63, 3.8) is 0 Å². The first-order valence-electron chi connectivity index (χ1n) is 10.4. The number of hydrogen-bond donors (Lipinski definition) is 2. The van der Waals surface area contributed by atoms with Crippen molar-refractivity contribution in [1.82, 2.24) is 24.9 Å². The summed E-state index contributed by atoms with van der Waals surface area (Å²) >= 11 is 0. The molecule has 9 nitrogen and oxygen atoms in total. The molecule has 3 heterocycles. The van der Waals surface area contributed by atoms with Gasteiger partial charge in [-0.25, -0.2) is 9.07 Å². The first-order chi connectivity index (χ1) is 16.0. The van der Waals surface area contributed by atoms with E-state index in [0.717, 1.165) is 0 Å². The summed E-state index contributed by atoms with van der Waals surface area (Å²) in [6.07, 6.45) is 1.59. The highest BCUT2D eigenvalue weighted by molar-refractivity contribution is 5.94. The van der Waals surface area contributed by atoms with Crippen molar-refractivity contribution >= 4 is 16.8 Å². The van der Waals surface area contributed by atoms with Crippen molar-refractivity contribution in [2.45, 2.75) is 6.04 Å². The van der Waals surface area contributed by atoms with Crippen LogP contribution in [0.1, 0.15) is 10.4 Å². The maximum absolute atomic E-state index is 13.6. The number of carbonyl (C=O) groups is 1. The van der Waals surface area contributed by atoms with Gasteiger partial charge in [0.25, 0.3) is 11.5 Å². The van der Waals surface area contributed by atoms with Crippen molar-refractivity contribution < 1.29 is 19.0 Å². The first kappa shape index (κ1) is 21.0. The van der Waals surface area contributed by atoms with Crippen LogP contribution in [-0.2, 0) is 4.74 Å². The van der Waals surface area contributed by atoms with Crippen LogP contribution >= 0.6 is 0 Å². The third-order valence-electron chi connectivity index (χ3n) is 5.65. The number of H-pyrrole nitrogens is 1. The van der Waals surface area contributed by atoms with E-state index in [1.165, 1.54) is 22.9 Å². The van der Waals surface area contributed by atoms with E-state index in [1.54, 1.807) is 41.4 Å². The minimum atomic E-state index is -0.402. The Balaban J connectivity index is 1.40. The van der Waals surface area contributed by atoms with Gasteiger partial charge in [0.15, 0.2) is 0 Å². The molecule has 1 fully saturated rings. The van der Waals surface area contributed by atoms with Gasteiger partial charge in [-0.3, -0.25) is 9.59 Å². The Hall–Kier alpha value is -3.89. The molecule has 1 atom stereocenters. The molecule has 1 amide bonds. The van der Waals surface area contributed by atoms with Crippen LogP contribution in [0.5, 0.6) is 0 Å². The van der Waals surface area contributed by atoms with E-state index in [9.17, 15) is 19.1 Å². The molecular weight excluding hydrogens is 429 g/mol. The Morgan fingerprint density at radius 1 is 1.21 bits per heavy atom. The van der Waals surface area contributed by atoms with Crippen LogP contribution in [-0.4, -0.2) is 68.3 Å². The van der Waals surface area contributed by atoms with Gasteiger partial charge < -0.3 is 19.7 Å². The average molecular weight is 449 g/mol. The molecule has 0 spiro atoms. The van der Waals surface area contributed by atoms with Gasteiger partial charge in [0.2, 0.25) is 0 Å². The number of aliphatic hydroxyl groups excluding tert-OH is 1. The lowest BCUT2D eigenvalue weighted by Crippen LogP contribution is -2.50. The van der Waals surface area contributed by atoms with E-state index >= 15 is 0 Å². The van der Waals surface area contributed by atoms with E-state index < -0.39 is 5.82 Å². The Morgan fingerprint density at radius 3 is 2.82 bits per heavy atom. The number of fused-ring (bicyclic) bond motifs is 1. The van der Waals surface area contributed by atoms with Gasteiger partial charge in [-0.1, -0.05) is 5.21 Å². The highest BCUT2D eigenvalue weighted by Gasteiger charge is 2.27. The Bertz CT molecular complexity index is 1380. The largest absolute Gasteiger partial charge is 0.394 e. The third-order valence-corrected chi connectivity index (χ3v) is 5.65. The molecule has 4 aromatic rings. The number of aromatic nitrogens is 4. The summed E-state index contributed by atoms with van der Waals surface area (Å²) < 4.78 is 20.4. The zero-order valence-corrected chi connectivity index (χ0v) is 17.4. The number of ether oxygens (including phenoxy) is 1. The molecule has 1 saturated heterocycles. The fourth-order valence-electron chi connectivity index (χ4n) is 3.88. The smallest absolute Gasteiger partial charge is 0.258 e. The van der Waals surface area contributed by atoms with Crippen molar-refractivity contribution in [3.05, 3.63) is 76.5 Å². The predicted octanol–water partition coefficient (Wildman–Crippen LogP) is 1.75. The quantitative estimate of drug-likeness (QED) is 0.491. The zero-order valence-electron chi connectivity index (χ0n) is 17.4. The second-order valence-corrected chi connectivity index (χ2v) is 7.75. The van der Waals surface area contributed by atoms with Crippen LogP contribution in [0.25, 0.3) is 27.8 Å². The van der Waals surface area contributed by atoms with Crippen LogP contribution < -0.4 is 5.56 Å². The van der Waals surface area contributed by atoms with Gasteiger partial charge in [-0.2, -0.15) is 0 Å². The molecular formula is C23H20FN5O4. The maximum Gasteiger partial charge on any atom is 0.258 e. The van der Waals surface area contributed by atoms with Crippen LogP contribution in [0, 0.1) is 5.82 Å². The van der Waals surface area contributed by atoms with Crippen LogP contribution in [0.3, 0.4) is 0 Å². The Labute approximate surface area is 187 Å². The lowest BCUT2D eigenvalue weighted by Gasteiger charge is -2.34. The summed E-state index contributed by atoms with van der Waals surface area (Å²) in [5.41, 5.74) is 1.91. The second-order valence-electron chi connectivity index (χ2n) is 7.75. The molecule has 10 heteroatoms. The highest BCUT2D eigenvalue weighted by Crippen LogP contribution is 2.20. The van der Waals surface area contributed by atoms with E-state index in [2.05, 4.69) is 15.3 Å². The number of pyridine rings is 1. The molecule has 33 heavy (non-hydrogen) atoms. The number of halogens is 1. The highest BCUT2D eigenvalue weighted by atomic mass is 19.1. The lowest BCUT2D eigenvalue weighted by molar-refractivity contribution is -0.0183. The summed E-state index contributed by atoms with van der Waals surface area (Å²) in [6, 6.07) is 12.1. The molecule has 0 aliphatic carbocycles. The number of rotatable bonds is 4. The monoisotopic (exact) mass is 449 g/mol. The minimum absolute atomic E-state index is 0.161. The van der Waals surface area contributed by atoms with Gasteiger partial charge in [0, 0.05) is 23.0 Å². The molecule has 2 aromatic heterocycles. The van der Waals surface area contributed by atoms with E-state index in [0.29, 0.717) is 47.6 Å². The summed E-state index contributed by atoms with van der Waals surface area (Å²) in [5, 5.41) is 18.2. The van der Waals surface area contributed by atoms with Crippen molar-refractivity contribution in [3.8, 4) is 16.9 Å². The van der Waals surface area contributed by atoms with Crippen molar-refractivity contribution in [2.24, 2.45) is 0 Å². The predicted molar refractivity (Wildman–Crippen MR) is 118 cm³/mol. The number of carbonyl (C=O) groups excluding carboxylic acids is 1. The van der Waals surface area contributed by atoms with E-state index in [1.807, 2.05) is 0 Å². The molecule has 2 aromatic carbocycles. The Morgan fingerprint density at radius 2 is 2.03 bits per heavy atom. The van der Waals surface area contributed by atoms with Crippen LogP contribution in [0.2, 0.25) is 0 Å². The minimum Gasteiger partial charge on any atom is -0.394 e. The molecule has 1 unspecified atom stereocenters. The second kappa shape index (κ2) is 8.57. The number of nitrogens with one attached hydrogen (secondary N) is 1. The summed E-state index contributed by atoms with van der Waals surface area (Å²) in [5.74, 6) is -0.584. The van der Waals surface area contributed by atoms with Gasteiger partial charge in [-0.15, -0.1) is 5.10 Å². The molecule has 0 saturated carbocycles. The number of amides is 1. The summed E-state index contributed by atoms with van der Waals surface area (Å²) in [4.78, 5) is 29.7. The normalized spacial score (nSPS) is 16.3. The van der Waals surface area contributed by atoms with Crippen LogP contribution in [0.4, 0.5) is 4.39 Å². The van der Waals surface area contributed by atoms with Gasteiger partial charge in [0.05, 0.1) is 43.3 Å². The fourth-order valence-corrected chi connectivity index (χ4v) is 3.88. The topological polar surface area (TPSA) is 113 Å². The number of morpholine rings is 1. The standard InChI is InChI=1S/C23H20FN5O4/c24-16-3-6-20-15(9-16)10-19(22(31)25-20)21-11-29(27-26-21)17-4-1-14(2-5-17)23(32)28-7-8-33-13-18(28)12-30/h1-6,9-11,18,30H,7-8,12-13H2,(H,25,31). The number of hydrogen-bond acceptors (Lipinski definition) is 6. The molecule has 168 valence electrons. The maximum atomic E-state index is 13.6. The molecule has 2 N–H and O–H groups in total. The lowest BCUT2D eigenvalue weighted by atomic mass is 10.1. The van der Waals surface area contributed by atoms with Crippen molar-refractivity contribution in [1.29, 1.82) is 0 Å². The fraction of sp³-hybridized carbons (Fsp3) is 0.217. The molecule has 0 radical (unpaired) electrons. The van der Waals surface area contributed by atoms with Gasteiger partial charge >= 0.3 is 0 Å². The summed E-state index contributed by atoms with van der Waals surface area (Å²) in [6.45, 7) is 1.000. The van der Waals surface area contributed by atoms with E-state index in [4.69, 9.17) is 4.74 Å². The molecule has 0 bridgehead atoms. The number of aromatic amines is 1. The van der Waals surface area contributed by atoms with Gasteiger partial charge in [0.1, 0.15) is 11.5 Å². The SMILES string of the molecule is O=C(c1ccc(-n2cc(-c3cc4cc(F)ccc4[nH]c3=O)nn2)cc1)N1CCOCC1CO. The van der Waals surface area contributed by atoms with E-state index in [-0.39, 0.29) is 29.7 Å². The average Bonchev–Trinajstić information content (AvgIpc) is 3.33. The number of aliphatic hydroxyl groups is 1. The molecule has 5 rings (SSSR count). The first-order valence-corrected chi connectivity index (χ1v) is 10.4. The molecule has 1 aliphatic heterocycles. The molecule has 1 aliphatic rings. The van der Waals surface area contributed by atoms with Crippen molar-refractivity contribution in [2.75, 3.05) is 26.4 Å². The number of nitrogens with zero attached hydrogens (tertiary/aromatic N) is 4. The summed E-state index contributed by atoms with van der Waals surface area (Å²) in [7, 11) is 0. The third kappa shape index (κ3) is 4.01.